The van der Waals surface area contributed by atoms with E-state index >= 15 is 0 Å². The Labute approximate surface area is 144 Å². The first-order chi connectivity index (χ1) is 11.6. The molecule has 0 aliphatic carbocycles. The Morgan fingerprint density at radius 2 is 1.79 bits per heavy atom. The molecule has 5 nitrogen and oxygen atoms in total. The van der Waals surface area contributed by atoms with Crippen molar-refractivity contribution in [2.75, 3.05) is 6.54 Å². The Morgan fingerprint density at radius 3 is 2.42 bits per heavy atom. The summed E-state index contributed by atoms with van der Waals surface area (Å²) in [4.78, 5) is 12.0. The number of hydrogen-bond acceptors (Lipinski definition) is 2. The van der Waals surface area contributed by atoms with Crippen molar-refractivity contribution in [3.63, 3.8) is 0 Å². The van der Waals surface area contributed by atoms with Gasteiger partial charge in [0.25, 0.3) is 0 Å². The zero-order valence-corrected chi connectivity index (χ0v) is 15.1. The molecule has 2 rings (SSSR count). The van der Waals surface area contributed by atoms with E-state index in [-0.39, 0.29) is 6.03 Å². The van der Waals surface area contributed by atoms with Crippen LogP contribution in [-0.2, 0) is 6.54 Å². The summed E-state index contributed by atoms with van der Waals surface area (Å²) in [5.41, 5.74) is 4.09. The van der Waals surface area contributed by atoms with E-state index in [4.69, 9.17) is 0 Å². The minimum Gasteiger partial charge on any atom is -0.338 e. The fourth-order valence-electron chi connectivity index (χ4n) is 2.80. The average Bonchev–Trinajstić information content (AvgIpc) is 2.89. The Hall–Kier alpha value is -2.30. The number of urea groups is 1. The third-order valence-corrected chi connectivity index (χ3v) is 4.57. The molecule has 2 amide bonds. The maximum absolute atomic E-state index is 12.0. The quantitative estimate of drug-likeness (QED) is 0.814. The molecule has 0 atom stereocenters. The van der Waals surface area contributed by atoms with Crippen molar-refractivity contribution in [3.05, 3.63) is 47.3 Å². The van der Waals surface area contributed by atoms with Crippen LogP contribution >= 0.6 is 0 Å². The fraction of sp³-hybridized carbons (Fsp3) is 0.474. The van der Waals surface area contributed by atoms with Gasteiger partial charge in [-0.1, -0.05) is 44.9 Å². The molecule has 0 fully saturated rings. The zero-order valence-electron chi connectivity index (χ0n) is 15.1. The van der Waals surface area contributed by atoms with Gasteiger partial charge in [-0.25, -0.2) is 9.48 Å². The second-order valence-electron chi connectivity index (χ2n) is 6.14. The van der Waals surface area contributed by atoms with Crippen LogP contribution in [0.5, 0.6) is 0 Å². The summed E-state index contributed by atoms with van der Waals surface area (Å²) in [7, 11) is 0. The highest BCUT2D eigenvalue weighted by Gasteiger charge is 2.14. The van der Waals surface area contributed by atoms with Crippen LogP contribution in [0.4, 0.5) is 4.79 Å². The molecule has 1 heterocycles. The smallest absolute Gasteiger partial charge is 0.315 e. The third kappa shape index (κ3) is 4.37. The lowest BCUT2D eigenvalue weighted by Crippen LogP contribution is -2.37. The molecule has 0 aliphatic rings. The Bertz CT molecular complexity index is 660. The summed E-state index contributed by atoms with van der Waals surface area (Å²) in [6.07, 6.45) is 2.16. The lowest BCUT2D eigenvalue weighted by Gasteiger charge is -2.14. The number of aromatic nitrogens is 2. The molecule has 130 valence electrons. The molecule has 0 unspecified atom stereocenters. The van der Waals surface area contributed by atoms with E-state index in [2.05, 4.69) is 29.6 Å². The second kappa shape index (κ2) is 8.52. The van der Waals surface area contributed by atoms with E-state index in [1.54, 1.807) is 0 Å². The van der Waals surface area contributed by atoms with Gasteiger partial charge in [-0.15, -0.1) is 0 Å². The van der Waals surface area contributed by atoms with Crippen LogP contribution in [0, 0.1) is 19.8 Å². The predicted octanol–water partition coefficient (Wildman–Crippen LogP) is 3.72. The first-order valence-corrected chi connectivity index (χ1v) is 8.69. The van der Waals surface area contributed by atoms with Gasteiger partial charge in [-0.05, 0) is 31.9 Å². The number of aryl methyl sites for hydroxylation is 1. The molecular formula is C19H28N4O. The van der Waals surface area contributed by atoms with Gasteiger partial charge >= 0.3 is 6.03 Å². The highest BCUT2D eigenvalue weighted by atomic mass is 16.2. The molecule has 0 bridgehead atoms. The van der Waals surface area contributed by atoms with Crippen molar-refractivity contribution in [3.8, 4) is 5.69 Å². The van der Waals surface area contributed by atoms with Crippen molar-refractivity contribution in [2.45, 2.75) is 47.1 Å². The molecule has 0 saturated heterocycles. The van der Waals surface area contributed by atoms with Crippen molar-refractivity contribution in [1.82, 2.24) is 20.4 Å². The van der Waals surface area contributed by atoms with Gasteiger partial charge in [0, 0.05) is 24.3 Å². The molecular weight excluding hydrogens is 300 g/mol. The fourth-order valence-corrected chi connectivity index (χ4v) is 2.80. The minimum atomic E-state index is -0.117. The third-order valence-electron chi connectivity index (χ3n) is 4.57. The normalized spacial score (nSPS) is 10.9. The zero-order chi connectivity index (χ0) is 17.5. The summed E-state index contributed by atoms with van der Waals surface area (Å²) in [5.74, 6) is 0.542. The molecule has 5 heteroatoms. The molecule has 2 N–H and O–H groups in total. The maximum Gasteiger partial charge on any atom is 0.315 e. The van der Waals surface area contributed by atoms with Crippen LogP contribution < -0.4 is 10.6 Å². The van der Waals surface area contributed by atoms with Crippen molar-refractivity contribution < 1.29 is 4.79 Å². The van der Waals surface area contributed by atoms with Gasteiger partial charge in [0.2, 0.25) is 0 Å². The standard InChI is InChI=1S/C19H28N4O/c1-5-16(6-2)12-20-19(24)21-13-18-14(3)22-23(15(18)4)17-10-8-7-9-11-17/h7-11,16H,5-6,12-13H2,1-4H3,(H2,20,21,24). The molecule has 0 aliphatic heterocycles. The number of hydrogen-bond donors (Lipinski definition) is 2. The molecule has 0 spiro atoms. The minimum absolute atomic E-state index is 0.117. The van der Waals surface area contributed by atoms with Crippen molar-refractivity contribution in [2.24, 2.45) is 5.92 Å². The van der Waals surface area contributed by atoms with E-state index in [1.165, 1.54) is 0 Å². The van der Waals surface area contributed by atoms with E-state index in [0.717, 1.165) is 42.0 Å². The molecule has 0 radical (unpaired) electrons. The van der Waals surface area contributed by atoms with Gasteiger partial charge in [-0.2, -0.15) is 5.10 Å². The van der Waals surface area contributed by atoms with Crippen LogP contribution in [0.3, 0.4) is 0 Å². The van der Waals surface area contributed by atoms with E-state index in [0.29, 0.717) is 12.5 Å². The molecule has 2 aromatic rings. The molecule has 0 saturated carbocycles. The largest absolute Gasteiger partial charge is 0.338 e. The summed E-state index contributed by atoms with van der Waals surface area (Å²) in [6.45, 7) is 9.52. The molecule has 1 aromatic carbocycles. The lowest BCUT2D eigenvalue weighted by atomic mass is 10.0. The number of benzene rings is 1. The van der Waals surface area contributed by atoms with E-state index in [1.807, 2.05) is 48.9 Å². The van der Waals surface area contributed by atoms with Crippen LogP contribution in [0.1, 0.15) is 43.6 Å². The van der Waals surface area contributed by atoms with Gasteiger partial charge in [0.05, 0.1) is 11.4 Å². The summed E-state index contributed by atoms with van der Waals surface area (Å²) < 4.78 is 1.93. The van der Waals surface area contributed by atoms with Gasteiger partial charge in [-0.3, -0.25) is 0 Å². The van der Waals surface area contributed by atoms with Gasteiger partial charge in [0.1, 0.15) is 0 Å². The van der Waals surface area contributed by atoms with Crippen LogP contribution in [0.15, 0.2) is 30.3 Å². The first kappa shape index (κ1) is 18.0. The first-order valence-electron chi connectivity index (χ1n) is 8.69. The van der Waals surface area contributed by atoms with E-state index < -0.39 is 0 Å². The van der Waals surface area contributed by atoms with Crippen LogP contribution in [-0.4, -0.2) is 22.4 Å². The number of rotatable bonds is 7. The van der Waals surface area contributed by atoms with Crippen LogP contribution in [0.25, 0.3) is 5.69 Å². The Morgan fingerprint density at radius 1 is 1.12 bits per heavy atom. The highest BCUT2D eigenvalue weighted by molar-refractivity contribution is 5.73. The number of amides is 2. The predicted molar refractivity (Wildman–Crippen MR) is 97.3 cm³/mol. The number of carbonyl (C=O) groups excluding carboxylic acids is 1. The topological polar surface area (TPSA) is 59.0 Å². The summed E-state index contributed by atoms with van der Waals surface area (Å²) in [5, 5.41) is 10.5. The molecule has 24 heavy (non-hydrogen) atoms. The van der Waals surface area contributed by atoms with Crippen LogP contribution in [0.2, 0.25) is 0 Å². The lowest BCUT2D eigenvalue weighted by molar-refractivity contribution is 0.238. The average molecular weight is 328 g/mol. The number of nitrogens with one attached hydrogen (secondary N) is 2. The van der Waals surface area contributed by atoms with E-state index in [9.17, 15) is 4.79 Å². The van der Waals surface area contributed by atoms with Crippen molar-refractivity contribution in [1.29, 1.82) is 0 Å². The maximum atomic E-state index is 12.0. The monoisotopic (exact) mass is 328 g/mol. The molecule has 1 aromatic heterocycles. The van der Waals surface area contributed by atoms with Crippen molar-refractivity contribution >= 4 is 6.03 Å². The summed E-state index contributed by atoms with van der Waals surface area (Å²) in [6, 6.07) is 9.91. The Balaban J connectivity index is 1.98. The SMILES string of the molecule is CCC(CC)CNC(=O)NCc1c(C)nn(-c2ccccc2)c1C. The Kier molecular flexibility index (Phi) is 6.41. The van der Waals surface area contributed by atoms with Gasteiger partial charge < -0.3 is 10.6 Å². The second-order valence-corrected chi connectivity index (χ2v) is 6.14. The number of nitrogens with zero attached hydrogens (tertiary/aromatic N) is 2. The van der Waals surface area contributed by atoms with Gasteiger partial charge in [0.15, 0.2) is 0 Å². The summed E-state index contributed by atoms with van der Waals surface area (Å²) >= 11 is 0. The highest BCUT2D eigenvalue weighted by Crippen LogP contribution is 2.17. The number of carbonyl (C=O) groups is 1. The number of para-hydroxylation sites is 1.